The molecule has 30 heavy (non-hydrogen) atoms. The van der Waals surface area contributed by atoms with Crippen molar-refractivity contribution in [3.63, 3.8) is 0 Å². The van der Waals surface area contributed by atoms with Gasteiger partial charge in [0.2, 0.25) is 15.9 Å². The van der Waals surface area contributed by atoms with Gasteiger partial charge in [-0.05, 0) is 37.1 Å². The number of aromatic amines is 1. The Hall–Kier alpha value is -3.17. The Kier molecular flexibility index (Phi) is 5.56. The number of rotatable bonds is 6. The van der Waals surface area contributed by atoms with Crippen LogP contribution in [0.1, 0.15) is 12.8 Å². The fourth-order valence-electron chi connectivity index (χ4n) is 3.62. The second-order valence-electron chi connectivity index (χ2n) is 6.94. The Balaban J connectivity index is 1.52. The number of ether oxygens (including phenoxy) is 1. The summed E-state index contributed by atoms with van der Waals surface area (Å²) in [5.74, 6) is 0.602. The highest BCUT2D eigenvalue weighted by Crippen LogP contribution is 2.30. The number of para-hydroxylation sites is 1. The van der Waals surface area contributed by atoms with Crippen LogP contribution in [0.15, 0.2) is 65.6 Å². The number of amides is 1. The molecule has 0 bridgehead atoms. The maximum atomic E-state index is 13.0. The normalized spacial score (nSPS) is 17.0. The third kappa shape index (κ3) is 3.81. The molecule has 1 atom stereocenters. The maximum Gasteiger partial charge on any atom is 0.244 e. The summed E-state index contributed by atoms with van der Waals surface area (Å²) in [5.41, 5.74) is 1.49. The number of carbonyl (C=O) groups is 1. The molecule has 2 aromatic carbocycles. The fraction of sp³-hybridized carbons (Fsp3) is 0.238. The van der Waals surface area contributed by atoms with Gasteiger partial charge < -0.3 is 10.1 Å². The molecule has 1 unspecified atom stereocenters. The van der Waals surface area contributed by atoms with E-state index >= 15 is 0 Å². The van der Waals surface area contributed by atoms with Gasteiger partial charge in [0.15, 0.2) is 5.82 Å². The number of methoxy groups -OCH3 is 1. The first-order valence-corrected chi connectivity index (χ1v) is 11.0. The lowest BCUT2D eigenvalue weighted by molar-refractivity contribution is -0.119. The van der Waals surface area contributed by atoms with E-state index in [9.17, 15) is 13.2 Å². The fourth-order valence-corrected chi connectivity index (χ4v) is 5.30. The summed E-state index contributed by atoms with van der Waals surface area (Å²) >= 11 is 0. The standard InChI is InChI=1S/C21H22N4O4S/c1-29-19-12-6-5-10-16(19)17-14-20(24-23-17)22-21(26)18-11-7-13-25(18)30(27,28)15-8-3-2-4-9-15/h2-6,8-10,12,14,18H,7,11,13H2,1H3,(H2,22,23,24,26). The molecule has 156 valence electrons. The minimum Gasteiger partial charge on any atom is -0.496 e. The van der Waals surface area contributed by atoms with Crippen molar-refractivity contribution in [1.82, 2.24) is 14.5 Å². The molecular formula is C21H22N4O4S. The monoisotopic (exact) mass is 426 g/mol. The second-order valence-corrected chi connectivity index (χ2v) is 8.83. The van der Waals surface area contributed by atoms with Crippen LogP contribution in [0.25, 0.3) is 11.3 Å². The maximum absolute atomic E-state index is 13.0. The van der Waals surface area contributed by atoms with Gasteiger partial charge in [-0.25, -0.2) is 8.42 Å². The van der Waals surface area contributed by atoms with Gasteiger partial charge in [0.25, 0.3) is 0 Å². The molecule has 1 aromatic heterocycles. The number of hydrogen-bond acceptors (Lipinski definition) is 5. The number of nitrogens with one attached hydrogen (secondary N) is 2. The molecule has 1 fully saturated rings. The Morgan fingerprint density at radius 3 is 2.67 bits per heavy atom. The third-order valence-electron chi connectivity index (χ3n) is 5.08. The molecule has 9 heteroatoms. The Morgan fingerprint density at radius 2 is 1.90 bits per heavy atom. The van der Waals surface area contributed by atoms with Crippen molar-refractivity contribution in [2.45, 2.75) is 23.8 Å². The third-order valence-corrected chi connectivity index (χ3v) is 7.00. The first-order chi connectivity index (χ1) is 14.5. The molecule has 0 spiro atoms. The zero-order valence-electron chi connectivity index (χ0n) is 16.4. The number of H-pyrrole nitrogens is 1. The van der Waals surface area contributed by atoms with Gasteiger partial charge in [-0.1, -0.05) is 30.3 Å². The van der Waals surface area contributed by atoms with Gasteiger partial charge in [0, 0.05) is 18.2 Å². The predicted octanol–water partition coefficient (Wildman–Crippen LogP) is 2.88. The molecule has 4 rings (SSSR count). The van der Waals surface area contributed by atoms with E-state index in [1.807, 2.05) is 24.3 Å². The van der Waals surface area contributed by atoms with Crippen LogP contribution in [-0.4, -0.2) is 48.5 Å². The van der Waals surface area contributed by atoms with E-state index in [4.69, 9.17) is 4.74 Å². The van der Waals surface area contributed by atoms with Crippen LogP contribution < -0.4 is 10.1 Å². The van der Waals surface area contributed by atoms with Crippen molar-refractivity contribution in [2.75, 3.05) is 19.0 Å². The first-order valence-electron chi connectivity index (χ1n) is 9.57. The molecule has 3 aromatic rings. The molecule has 0 aliphatic carbocycles. The van der Waals surface area contributed by atoms with Crippen molar-refractivity contribution < 1.29 is 17.9 Å². The molecule has 1 aliphatic heterocycles. The summed E-state index contributed by atoms with van der Waals surface area (Å²) in [4.78, 5) is 13.1. The molecule has 8 nitrogen and oxygen atoms in total. The molecule has 1 saturated heterocycles. The lowest BCUT2D eigenvalue weighted by atomic mass is 10.1. The van der Waals surface area contributed by atoms with Crippen molar-refractivity contribution >= 4 is 21.7 Å². The summed E-state index contributed by atoms with van der Waals surface area (Å²) in [6.45, 7) is 0.308. The van der Waals surface area contributed by atoms with Crippen molar-refractivity contribution in [3.05, 3.63) is 60.7 Å². The zero-order chi connectivity index (χ0) is 21.1. The molecule has 1 amide bonds. The van der Waals surface area contributed by atoms with Crippen LogP contribution in [-0.2, 0) is 14.8 Å². The number of carbonyl (C=O) groups excluding carboxylic acids is 1. The topological polar surface area (TPSA) is 104 Å². The van der Waals surface area contributed by atoms with E-state index in [-0.39, 0.29) is 4.90 Å². The van der Waals surface area contributed by atoms with Gasteiger partial charge >= 0.3 is 0 Å². The number of sulfonamides is 1. The van der Waals surface area contributed by atoms with Crippen molar-refractivity contribution in [3.8, 4) is 17.0 Å². The number of aromatic nitrogens is 2. The molecule has 0 saturated carbocycles. The summed E-state index contributed by atoms with van der Waals surface area (Å²) in [5, 5.41) is 9.76. The Bertz CT molecular complexity index is 1140. The van der Waals surface area contributed by atoms with Crippen LogP contribution in [0.5, 0.6) is 5.75 Å². The zero-order valence-corrected chi connectivity index (χ0v) is 17.2. The van der Waals surface area contributed by atoms with Gasteiger partial charge in [-0.3, -0.25) is 9.89 Å². The highest BCUT2D eigenvalue weighted by atomic mass is 32.2. The van der Waals surface area contributed by atoms with Gasteiger partial charge in [-0.2, -0.15) is 9.40 Å². The van der Waals surface area contributed by atoms with Gasteiger partial charge in [0.1, 0.15) is 11.8 Å². The van der Waals surface area contributed by atoms with Crippen molar-refractivity contribution in [1.29, 1.82) is 0 Å². The molecule has 0 radical (unpaired) electrons. The number of hydrogen-bond donors (Lipinski definition) is 2. The minimum atomic E-state index is -3.74. The van der Waals surface area contributed by atoms with Crippen LogP contribution in [0.2, 0.25) is 0 Å². The van der Waals surface area contributed by atoms with Crippen LogP contribution in [0.4, 0.5) is 5.82 Å². The van der Waals surface area contributed by atoms with E-state index in [0.717, 1.165) is 5.56 Å². The Morgan fingerprint density at radius 1 is 1.17 bits per heavy atom. The summed E-state index contributed by atoms with van der Waals surface area (Å²) < 4.78 is 32.6. The molecule has 1 aliphatic rings. The van der Waals surface area contributed by atoms with Gasteiger partial charge in [0.05, 0.1) is 17.7 Å². The summed E-state index contributed by atoms with van der Waals surface area (Å²) in [6, 6.07) is 16.5. The Labute approximate surface area is 174 Å². The smallest absolute Gasteiger partial charge is 0.244 e. The van der Waals surface area contributed by atoms with Crippen LogP contribution in [0, 0.1) is 0 Å². The molecular weight excluding hydrogens is 404 g/mol. The number of benzene rings is 2. The van der Waals surface area contributed by atoms with Crippen LogP contribution in [0.3, 0.4) is 0 Å². The minimum absolute atomic E-state index is 0.183. The number of anilines is 1. The largest absolute Gasteiger partial charge is 0.496 e. The van der Waals surface area contributed by atoms with E-state index in [2.05, 4.69) is 15.5 Å². The SMILES string of the molecule is COc1ccccc1-c1cc(NC(=O)C2CCCN2S(=O)(=O)c2ccccc2)n[nH]1. The average Bonchev–Trinajstić information content (AvgIpc) is 3.44. The number of nitrogens with zero attached hydrogens (tertiary/aromatic N) is 2. The first kappa shape index (κ1) is 20.1. The van der Waals surface area contributed by atoms with Gasteiger partial charge in [-0.15, -0.1) is 0 Å². The van der Waals surface area contributed by atoms with E-state index in [1.54, 1.807) is 31.4 Å². The lowest BCUT2D eigenvalue weighted by Crippen LogP contribution is -2.43. The van der Waals surface area contributed by atoms with Crippen molar-refractivity contribution in [2.24, 2.45) is 0 Å². The predicted molar refractivity (Wildman–Crippen MR) is 113 cm³/mol. The highest BCUT2D eigenvalue weighted by Gasteiger charge is 2.39. The van der Waals surface area contributed by atoms with E-state index in [0.29, 0.717) is 36.6 Å². The molecule has 2 heterocycles. The lowest BCUT2D eigenvalue weighted by Gasteiger charge is -2.23. The van der Waals surface area contributed by atoms with E-state index in [1.165, 1.54) is 16.4 Å². The van der Waals surface area contributed by atoms with Crippen LogP contribution >= 0.6 is 0 Å². The quantitative estimate of drug-likeness (QED) is 0.631. The van der Waals surface area contributed by atoms with E-state index < -0.39 is 22.0 Å². The summed E-state index contributed by atoms with van der Waals surface area (Å²) in [7, 11) is -2.16. The highest BCUT2D eigenvalue weighted by molar-refractivity contribution is 7.89. The average molecular weight is 426 g/mol. The second kappa shape index (κ2) is 8.29. The summed E-state index contributed by atoms with van der Waals surface area (Å²) in [6.07, 6.45) is 1.08. The molecule has 2 N–H and O–H groups in total.